The Morgan fingerprint density at radius 2 is 1.44 bits per heavy atom. The van der Waals surface area contributed by atoms with E-state index in [1.54, 1.807) is 36.4 Å². The van der Waals surface area contributed by atoms with Crippen molar-refractivity contribution in [1.82, 2.24) is 0 Å². The van der Waals surface area contributed by atoms with Crippen molar-refractivity contribution in [2.24, 2.45) is 0 Å². The lowest BCUT2D eigenvalue weighted by molar-refractivity contribution is 0.596. The Morgan fingerprint density at radius 1 is 0.840 bits per heavy atom. The summed E-state index contributed by atoms with van der Waals surface area (Å²) < 4.78 is 27.1. The molecule has 3 rings (SSSR count). The molecule has 0 atom stereocenters. The fourth-order valence-electron chi connectivity index (χ4n) is 2.60. The zero-order valence-corrected chi connectivity index (χ0v) is 14.6. The van der Waals surface area contributed by atoms with E-state index in [1.165, 1.54) is 0 Å². The van der Waals surface area contributed by atoms with E-state index in [4.69, 9.17) is 6.42 Å². The van der Waals surface area contributed by atoms with E-state index in [9.17, 15) is 8.42 Å². The number of hydrogen-bond acceptors (Lipinski definition) is 2. The molecule has 124 valence electrons. The van der Waals surface area contributed by atoms with Crippen molar-refractivity contribution in [2.45, 2.75) is 11.8 Å². The predicted octanol–water partition coefficient (Wildman–Crippen LogP) is 4.45. The Balaban J connectivity index is 2.15. The maximum atomic E-state index is 13.0. The molecule has 0 aliphatic carbocycles. The number of sulfonamides is 1. The van der Waals surface area contributed by atoms with Crippen LogP contribution in [-0.2, 0) is 10.0 Å². The van der Waals surface area contributed by atoms with Gasteiger partial charge in [0.25, 0.3) is 10.0 Å². The molecule has 0 radical (unpaired) electrons. The molecule has 0 aliphatic rings. The number of rotatable bonds is 4. The second-order valence-electron chi connectivity index (χ2n) is 5.59. The molecule has 0 saturated heterocycles. The van der Waals surface area contributed by atoms with Gasteiger partial charge >= 0.3 is 0 Å². The first kappa shape index (κ1) is 16.8. The van der Waals surface area contributed by atoms with E-state index in [1.807, 2.05) is 49.4 Å². The fourth-order valence-corrected chi connectivity index (χ4v) is 3.84. The molecular formula is C21H17NO2S. The van der Waals surface area contributed by atoms with Crippen LogP contribution in [0.5, 0.6) is 0 Å². The van der Waals surface area contributed by atoms with Gasteiger partial charge in [-0.1, -0.05) is 72.7 Å². The van der Waals surface area contributed by atoms with E-state index >= 15 is 0 Å². The SMILES string of the molecule is C#CN(c1ccccc1-c1ccccc1)S(=O)(=O)c1ccc(C)cc1. The molecule has 0 fully saturated rings. The summed E-state index contributed by atoms with van der Waals surface area (Å²) in [6, 6.07) is 25.8. The summed E-state index contributed by atoms with van der Waals surface area (Å²) in [5.74, 6) is 0. The summed E-state index contributed by atoms with van der Waals surface area (Å²) in [6.45, 7) is 1.90. The number of terminal acetylenes is 1. The molecule has 3 aromatic carbocycles. The monoisotopic (exact) mass is 347 g/mol. The maximum absolute atomic E-state index is 13.0. The summed E-state index contributed by atoms with van der Waals surface area (Å²) in [5, 5.41) is 0. The number of para-hydroxylation sites is 1. The average molecular weight is 347 g/mol. The normalized spacial score (nSPS) is 10.9. The number of aryl methyl sites for hydroxylation is 1. The summed E-state index contributed by atoms with van der Waals surface area (Å²) in [6.07, 6.45) is 5.60. The lowest BCUT2D eigenvalue weighted by Crippen LogP contribution is -2.26. The standard InChI is InChI=1S/C21H17NO2S/c1-3-22(25(23,24)19-15-13-17(2)14-16-19)21-12-8-7-11-20(21)18-9-5-4-6-10-18/h1,4-16H,2H3. The molecule has 0 bridgehead atoms. The van der Waals surface area contributed by atoms with Crippen LogP contribution in [0.15, 0.2) is 83.8 Å². The second-order valence-corrected chi connectivity index (χ2v) is 7.38. The first-order valence-electron chi connectivity index (χ1n) is 7.77. The third-order valence-corrected chi connectivity index (χ3v) is 5.53. The molecule has 3 nitrogen and oxygen atoms in total. The van der Waals surface area contributed by atoms with Crippen LogP contribution in [0.25, 0.3) is 11.1 Å². The van der Waals surface area contributed by atoms with Crippen LogP contribution in [0.2, 0.25) is 0 Å². The van der Waals surface area contributed by atoms with Gasteiger partial charge in [-0.2, -0.15) is 4.31 Å². The number of hydrogen-bond donors (Lipinski definition) is 0. The average Bonchev–Trinajstić information content (AvgIpc) is 2.64. The minimum atomic E-state index is -3.85. The van der Waals surface area contributed by atoms with Crippen LogP contribution in [-0.4, -0.2) is 8.42 Å². The molecule has 0 spiro atoms. The van der Waals surface area contributed by atoms with E-state index in [0.717, 1.165) is 21.0 Å². The van der Waals surface area contributed by atoms with Crippen molar-refractivity contribution >= 4 is 15.7 Å². The topological polar surface area (TPSA) is 37.4 Å². The van der Waals surface area contributed by atoms with Crippen molar-refractivity contribution in [1.29, 1.82) is 0 Å². The van der Waals surface area contributed by atoms with Gasteiger partial charge in [0.1, 0.15) is 0 Å². The zero-order chi connectivity index (χ0) is 17.9. The highest BCUT2D eigenvalue weighted by Crippen LogP contribution is 2.33. The van der Waals surface area contributed by atoms with Gasteiger partial charge in [0.2, 0.25) is 0 Å². The second kappa shape index (κ2) is 6.84. The van der Waals surface area contributed by atoms with E-state index in [0.29, 0.717) is 5.69 Å². The van der Waals surface area contributed by atoms with Crippen molar-refractivity contribution in [3.63, 3.8) is 0 Å². The van der Waals surface area contributed by atoms with Crippen LogP contribution >= 0.6 is 0 Å². The number of nitrogens with zero attached hydrogens (tertiary/aromatic N) is 1. The maximum Gasteiger partial charge on any atom is 0.275 e. The lowest BCUT2D eigenvalue weighted by Gasteiger charge is -2.21. The van der Waals surface area contributed by atoms with Gasteiger partial charge < -0.3 is 0 Å². The molecule has 25 heavy (non-hydrogen) atoms. The van der Waals surface area contributed by atoms with Crippen LogP contribution in [0.3, 0.4) is 0 Å². The molecule has 0 aromatic heterocycles. The Bertz CT molecular complexity index is 1020. The molecule has 0 amide bonds. The number of anilines is 1. The molecule has 3 aromatic rings. The summed E-state index contributed by atoms with van der Waals surface area (Å²) in [7, 11) is -3.85. The van der Waals surface area contributed by atoms with Gasteiger partial charge in [0.15, 0.2) is 0 Å². The van der Waals surface area contributed by atoms with Gasteiger partial charge in [-0.15, -0.1) is 0 Å². The fraction of sp³-hybridized carbons (Fsp3) is 0.0476. The smallest absolute Gasteiger partial charge is 0.200 e. The van der Waals surface area contributed by atoms with E-state index in [2.05, 4.69) is 6.04 Å². The minimum Gasteiger partial charge on any atom is -0.200 e. The van der Waals surface area contributed by atoms with E-state index in [-0.39, 0.29) is 4.90 Å². The highest BCUT2D eigenvalue weighted by molar-refractivity contribution is 7.93. The van der Waals surface area contributed by atoms with Gasteiger partial charge in [-0.05, 0) is 30.7 Å². The molecule has 0 unspecified atom stereocenters. The quantitative estimate of drug-likeness (QED) is 0.516. The summed E-state index contributed by atoms with van der Waals surface area (Å²) in [5.41, 5.74) is 3.10. The largest absolute Gasteiger partial charge is 0.275 e. The molecule has 0 saturated carbocycles. The highest BCUT2D eigenvalue weighted by Gasteiger charge is 2.25. The predicted molar refractivity (Wildman–Crippen MR) is 102 cm³/mol. The highest BCUT2D eigenvalue weighted by atomic mass is 32.2. The van der Waals surface area contributed by atoms with Gasteiger partial charge in [-0.3, -0.25) is 0 Å². The first-order chi connectivity index (χ1) is 12.0. The van der Waals surface area contributed by atoms with Crippen LogP contribution in [0, 0.1) is 19.4 Å². The van der Waals surface area contributed by atoms with Crippen LogP contribution < -0.4 is 4.31 Å². The van der Waals surface area contributed by atoms with Gasteiger partial charge in [0.05, 0.1) is 10.6 Å². The third-order valence-electron chi connectivity index (χ3n) is 3.88. The number of benzene rings is 3. The summed E-state index contributed by atoms with van der Waals surface area (Å²) >= 11 is 0. The van der Waals surface area contributed by atoms with Crippen molar-refractivity contribution < 1.29 is 8.42 Å². The Kier molecular flexibility index (Phi) is 4.60. The van der Waals surface area contributed by atoms with Crippen LogP contribution in [0.4, 0.5) is 5.69 Å². The molecular weight excluding hydrogens is 330 g/mol. The Labute approximate surface area is 148 Å². The zero-order valence-electron chi connectivity index (χ0n) is 13.8. The Morgan fingerprint density at radius 3 is 2.08 bits per heavy atom. The first-order valence-corrected chi connectivity index (χ1v) is 9.21. The molecule has 0 N–H and O–H groups in total. The molecule has 0 aliphatic heterocycles. The Hall–Kier alpha value is -3.03. The molecule has 4 heteroatoms. The van der Waals surface area contributed by atoms with Crippen molar-refractivity contribution in [3.8, 4) is 23.6 Å². The minimum absolute atomic E-state index is 0.166. The summed E-state index contributed by atoms with van der Waals surface area (Å²) in [4.78, 5) is 0.166. The lowest BCUT2D eigenvalue weighted by atomic mass is 10.0. The third kappa shape index (κ3) is 3.28. The van der Waals surface area contributed by atoms with Crippen molar-refractivity contribution in [3.05, 3.63) is 84.4 Å². The van der Waals surface area contributed by atoms with E-state index < -0.39 is 10.0 Å². The van der Waals surface area contributed by atoms with Crippen molar-refractivity contribution in [2.75, 3.05) is 4.31 Å². The van der Waals surface area contributed by atoms with Gasteiger partial charge in [-0.25, -0.2) is 8.42 Å². The van der Waals surface area contributed by atoms with Gasteiger partial charge in [0, 0.05) is 11.6 Å². The molecule has 0 heterocycles. The van der Waals surface area contributed by atoms with Crippen LogP contribution in [0.1, 0.15) is 5.56 Å².